The predicted octanol–water partition coefficient (Wildman–Crippen LogP) is 2.14. The van der Waals surface area contributed by atoms with Crippen LogP contribution in [0.3, 0.4) is 0 Å². The van der Waals surface area contributed by atoms with Gasteiger partial charge >= 0.3 is 0 Å². The van der Waals surface area contributed by atoms with Crippen molar-refractivity contribution < 1.29 is 8.42 Å². The van der Waals surface area contributed by atoms with Gasteiger partial charge in [0.25, 0.3) is 0 Å². The maximum Gasteiger partial charge on any atom is 0.233 e. The quantitative estimate of drug-likeness (QED) is 0.545. The van der Waals surface area contributed by atoms with Crippen LogP contribution in [-0.2, 0) is 9.05 Å². The van der Waals surface area contributed by atoms with Crippen molar-refractivity contribution in [2.75, 3.05) is 5.75 Å². The third-order valence-electron chi connectivity index (χ3n) is 1.86. The summed E-state index contributed by atoms with van der Waals surface area (Å²) in [5.41, 5.74) is -0.559. The molecule has 1 saturated carbocycles. The molecule has 0 unspecified atom stereocenters. The summed E-state index contributed by atoms with van der Waals surface area (Å²) in [6, 6.07) is 0. The van der Waals surface area contributed by atoms with Crippen LogP contribution in [0, 0.1) is 5.41 Å². The molecule has 0 radical (unpaired) electrons. The van der Waals surface area contributed by atoms with Gasteiger partial charge in [-0.15, -0.1) is 23.2 Å². The summed E-state index contributed by atoms with van der Waals surface area (Å²) in [6.45, 7) is 1.70. The first kappa shape index (κ1) is 9.90. The molecule has 0 aromatic carbocycles. The zero-order valence-corrected chi connectivity index (χ0v) is 8.86. The van der Waals surface area contributed by atoms with Crippen molar-refractivity contribution in [3.05, 3.63) is 0 Å². The number of rotatable bonds is 2. The molecule has 6 heteroatoms. The second-order valence-electron chi connectivity index (χ2n) is 3.13. The lowest BCUT2D eigenvalue weighted by Crippen LogP contribution is -2.15. The van der Waals surface area contributed by atoms with Crippen LogP contribution in [0.1, 0.15) is 13.3 Å². The van der Waals surface area contributed by atoms with E-state index in [1.54, 1.807) is 6.92 Å². The molecule has 0 heterocycles. The summed E-state index contributed by atoms with van der Waals surface area (Å²) >= 11 is 11.4. The molecule has 0 N–H and O–H groups in total. The highest BCUT2D eigenvalue weighted by Gasteiger charge is 2.64. The van der Waals surface area contributed by atoms with Gasteiger partial charge in [0.1, 0.15) is 4.33 Å². The van der Waals surface area contributed by atoms with Crippen LogP contribution >= 0.6 is 33.9 Å². The van der Waals surface area contributed by atoms with Gasteiger partial charge in [-0.25, -0.2) is 8.42 Å². The molecule has 1 aliphatic rings. The Labute approximate surface area is 80.2 Å². The van der Waals surface area contributed by atoms with Gasteiger partial charge in [0, 0.05) is 16.1 Å². The topological polar surface area (TPSA) is 34.1 Å². The Morgan fingerprint density at radius 1 is 1.45 bits per heavy atom. The van der Waals surface area contributed by atoms with Crippen molar-refractivity contribution >= 4 is 42.9 Å². The summed E-state index contributed by atoms with van der Waals surface area (Å²) in [4.78, 5) is 0. The average Bonchev–Trinajstić information content (AvgIpc) is 1.96. The van der Waals surface area contributed by atoms with Crippen molar-refractivity contribution in [3.63, 3.8) is 0 Å². The lowest BCUT2D eigenvalue weighted by atomic mass is 10.2. The van der Waals surface area contributed by atoms with Crippen molar-refractivity contribution in [1.29, 1.82) is 0 Å². The van der Waals surface area contributed by atoms with E-state index in [0.29, 0.717) is 6.42 Å². The Kier molecular flexibility index (Phi) is 2.17. The Bertz CT molecular complexity index is 271. The fourth-order valence-electron chi connectivity index (χ4n) is 0.983. The molecule has 0 bridgehead atoms. The summed E-state index contributed by atoms with van der Waals surface area (Å²) in [5.74, 6) is -0.158. The van der Waals surface area contributed by atoms with E-state index in [1.165, 1.54) is 0 Å². The molecule has 0 aromatic rings. The van der Waals surface area contributed by atoms with E-state index >= 15 is 0 Å². The van der Waals surface area contributed by atoms with Crippen LogP contribution in [0.25, 0.3) is 0 Å². The number of hydrogen-bond donors (Lipinski definition) is 0. The molecule has 0 spiro atoms. The minimum Gasteiger partial charge on any atom is -0.212 e. The van der Waals surface area contributed by atoms with E-state index in [2.05, 4.69) is 0 Å². The van der Waals surface area contributed by atoms with E-state index in [-0.39, 0.29) is 5.75 Å². The molecule has 1 atom stereocenters. The maximum absolute atomic E-state index is 10.6. The molecule has 0 aliphatic heterocycles. The van der Waals surface area contributed by atoms with Gasteiger partial charge in [0.05, 0.1) is 5.75 Å². The molecule has 1 rings (SSSR count). The maximum atomic E-state index is 10.6. The largest absolute Gasteiger partial charge is 0.233 e. The van der Waals surface area contributed by atoms with Crippen molar-refractivity contribution in [2.24, 2.45) is 5.41 Å². The summed E-state index contributed by atoms with van der Waals surface area (Å²) < 4.78 is 20.3. The third-order valence-corrected chi connectivity index (χ3v) is 4.35. The number of halogens is 3. The minimum absolute atomic E-state index is 0.158. The van der Waals surface area contributed by atoms with Crippen molar-refractivity contribution in [3.8, 4) is 0 Å². The van der Waals surface area contributed by atoms with E-state index in [4.69, 9.17) is 33.9 Å². The lowest BCUT2D eigenvalue weighted by molar-refractivity contribution is 0.577. The zero-order valence-electron chi connectivity index (χ0n) is 5.77. The average molecular weight is 238 g/mol. The van der Waals surface area contributed by atoms with Gasteiger partial charge in [0.2, 0.25) is 9.05 Å². The molecule has 66 valence electrons. The molecule has 0 saturated heterocycles. The zero-order chi connectivity index (χ0) is 8.91. The Morgan fingerprint density at radius 2 is 1.82 bits per heavy atom. The number of alkyl halides is 2. The second kappa shape index (κ2) is 2.41. The van der Waals surface area contributed by atoms with Gasteiger partial charge in [0.15, 0.2) is 0 Å². The van der Waals surface area contributed by atoms with Crippen molar-refractivity contribution in [2.45, 2.75) is 17.7 Å². The highest BCUT2D eigenvalue weighted by Crippen LogP contribution is 2.64. The van der Waals surface area contributed by atoms with Crippen molar-refractivity contribution in [1.82, 2.24) is 0 Å². The van der Waals surface area contributed by atoms with Gasteiger partial charge < -0.3 is 0 Å². The van der Waals surface area contributed by atoms with Gasteiger partial charge in [-0.2, -0.15) is 0 Å². The first-order chi connectivity index (χ1) is 4.66. The molecular formula is C5H7Cl3O2S. The predicted molar refractivity (Wildman–Crippen MR) is 46.8 cm³/mol. The molecule has 0 amide bonds. The second-order valence-corrected chi connectivity index (χ2v) is 7.39. The minimum atomic E-state index is -3.49. The Hall–Kier alpha value is 0.820. The van der Waals surface area contributed by atoms with Gasteiger partial charge in [-0.05, 0) is 6.42 Å². The lowest BCUT2D eigenvalue weighted by Gasteiger charge is -2.07. The van der Waals surface area contributed by atoms with Crippen LogP contribution in [0.2, 0.25) is 0 Å². The summed E-state index contributed by atoms with van der Waals surface area (Å²) in [5, 5.41) is 0. The molecule has 11 heavy (non-hydrogen) atoms. The van der Waals surface area contributed by atoms with E-state index in [9.17, 15) is 8.42 Å². The number of hydrogen-bond acceptors (Lipinski definition) is 2. The third kappa shape index (κ3) is 2.14. The molecule has 1 aliphatic carbocycles. The highest BCUT2D eigenvalue weighted by molar-refractivity contribution is 8.13. The van der Waals surface area contributed by atoms with Crippen LogP contribution in [0.15, 0.2) is 0 Å². The van der Waals surface area contributed by atoms with E-state index in [1.807, 2.05) is 0 Å². The Morgan fingerprint density at radius 3 is 1.91 bits per heavy atom. The molecule has 2 nitrogen and oxygen atoms in total. The fourth-order valence-corrected chi connectivity index (χ4v) is 3.70. The molecule has 1 fully saturated rings. The fraction of sp³-hybridized carbons (Fsp3) is 1.00. The standard InChI is InChI=1S/C5H7Cl3O2S/c1-4(2-5(4,6)7)3-11(8,9)10/h2-3H2,1H3/t4-/m0/s1. The SMILES string of the molecule is C[C@@]1(CS(=O)(=O)Cl)CC1(Cl)Cl. The van der Waals surface area contributed by atoms with Gasteiger partial charge in [-0.3, -0.25) is 0 Å². The van der Waals surface area contributed by atoms with E-state index < -0.39 is 18.8 Å². The first-order valence-electron chi connectivity index (χ1n) is 2.96. The smallest absolute Gasteiger partial charge is 0.212 e. The normalized spacial score (nSPS) is 35.3. The van der Waals surface area contributed by atoms with Crippen LogP contribution in [-0.4, -0.2) is 18.5 Å². The molecule has 0 aromatic heterocycles. The van der Waals surface area contributed by atoms with Crippen LogP contribution < -0.4 is 0 Å². The molecular weight excluding hydrogens is 230 g/mol. The van der Waals surface area contributed by atoms with Crippen LogP contribution in [0.5, 0.6) is 0 Å². The van der Waals surface area contributed by atoms with Gasteiger partial charge in [-0.1, -0.05) is 6.92 Å². The summed E-state index contributed by atoms with van der Waals surface area (Å²) in [7, 11) is 1.55. The van der Waals surface area contributed by atoms with E-state index in [0.717, 1.165) is 0 Å². The first-order valence-corrected chi connectivity index (χ1v) is 6.20. The highest BCUT2D eigenvalue weighted by atomic mass is 35.7. The summed E-state index contributed by atoms with van der Waals surface area (Å²) in [6.07, 6.45) is 0.481. The van der Waals surface area contributed by atoms with Crippen LogP contribution in [0.4, 0.5) is 0 Å². The Balaban J connectivity index is 2.68. The monoisotopic (exact) mass is 236 g/mol.